The number of nitrogens with zero attached hydrogens (tertiary/aromatic N) is 2. The van der Waals surface area contributed by atoms with E-state index in [2.05, 4.69) is 11.2 Å². The van der Waals surface area contributed by atoms with Crippen LogP contribution in [0.3, 0.4) is 0 Å². The molecule has 3 aromatic rings. The second-order valence-electron chi connectivity index (χ2n) is 5.97. The quantitative estimate of drug-likeness (QED) is 0.280. The molecule has 0 radical (unpaired) electrons. The topological polar surface area (TPSA) is 94.6 Å². The third-order valence-corrected chi connectivity index (χ3v) is 4.73. The Balaban J connectivity index is 1.50. The molecule has 0 spiro atoms. The molecule has 8 heteroatoms. The van der Waals surface area contributed by atoms with Crippen LogP contribution < -0.4 is 9.47 Å². The molecule has 0 aliphatic heterocycles. The van der Waals surface area contributed by atoms with E-state index in [1.54, 1.807) is 43.3 Å². The van der Waals surface area contributed by atoms with Crippen molar-refractivity contribution in [3.05, 3.63) is 59.7 Å². The maximum absolute atomic E-state index is 11.6. The van der Waals surface area contributed by atoms with Gasteiger partial charge in [0.05, 0.1) is 12.2 Å². The summed E-state index contributed by atoms with van der Waals surface area (Å²) in [5.41, 5.74) is 1.67. The van der Waals surface area contributed by atoms with Gasteiger partial charge in [-0.05, 0) is 61.7 Å². The summed E-state index contributed by atoms with van der Waals surface area (Å²) in [7, 11) is 0. The van der Waals surface area contributed by atoms with E-state index in [1.165, 1.54) is 11.8 Å². The number of thioether (sulfide) groups is 1. The van der Waals surface area contributed by atoms with Crippen LogP contribution in [-0.4, -0.2) is 37.2 Å². The smallest absolute Gasteiger partial charge is 0.338 e. The number of hydrogen-bond acceptors (Lipinski definition) is 8. The molecule has 0 atom stereocenters. The molecule has 0 saturated carbocycles. The van der Waals surface area contributed by atoms with Crippen molar-refractivity contribution in [1.29, 1.82) is 5.26 Å². The summed E-state index contributed by atoms with van der Waals surface area (Å²) in [4.78, 5) is 11.6. The average Bonchev–Trinajstić information content (AvgIpc) is 3.21. The Morgan fingerprint density at radius 1 is 1.07 bits per heavy atom. The van der Waals surface area contributed by atoms with Crippen molar-refractivity contribution < 1.29 is 23.5 Å². The number of carbonyl (C=O) groups is 1. The van der Waals surface area contributed by atoms with Gasteiger partial charge in [0.1, 0.15) is 36.3 Å². The van der Waals surface area contributed by atoms with E-state index in [0.717, 1.165) is 5.56 Å². The SMILES string of the molecule is CCOC(=O)c1ccc(OCCOc2ccc(-c3onc(SC)c3C#N)cc2)cc1. The van der Waals surface area contributed by atoms with Crippen molar-refractivity contribution in [2.24, 2.45) is 0 Å². The minimum absolute atomic E-state index is 0.339. The molecule has 0 N–H and O–H groups in total. The monoisotopic (exact) mass is 424 g/mol. The maximum Gasteiger partial charge on any atom is 0.338 e. The molecule has 0 aliphatic rings. The maximum atomic E-state index is 11.6. The fourth-order valence-electron chi connectivity index (χ4n) is 2.63. The summed E-state index contributed by atoms with van der Waals surface area (Å²) in [6.45, 7) is 2.80. The van der Waals surface area contributed by atoms with Crippen LogP contribution in [0.25, 0.3) is 11.3 Å². The van der Waals surface area contributed by atoms with E-state index in [9.17, 15) is 10.1 Å². The molecule has 1 heterocycles. The Labute approximate surface area is 178 Å². The zero-order chi connectivity index (χ0) is 21.3. The van der Waals surface area contributed by atoms with E-state index < -0.39 is 0 Å². The molecule has 2 aromatic carbocycles. The number of hydrogen-bond donors (Lipinski definition) is 0. The van der Waals surface area contributed by atoms with Crippen LogP contribution in [0, 0.1) is 11.3 Å². The summed E-state index contributed by atoms with van der Waals surface area (Å²) >= 11 is 1.37. The molecule has 3 rings (SSSR count). The first-order valence-electron chi connectivity index (χ1n) is 9.23. The van der Waals surface area contributed by atoms with Crippen LogP contribution in [0.4, 0.5) is 0 Å². The fraction of sp³-hybridized carbons (Fsp3) is 0.227. The molecule has 7 nitrogen and oxygen atoms in total. The van der Waals surface area contributed by atoms with Crippen LogP contribution >= 0.6 is 11.8 Å². The van der Waals surface area contributed by atoms with Gasteiger partial charge in [0.25, 0.3) is 0 Å². The van der Waals surface area contributed by atoms with Gasteiger partial charge in [0.15, 0.2) is 10.8 Å². The van der Waals surface area contributed by atoms with Crippen molar-refractivity contribution in [3.63, 3.8) is 0 Å². The highest BCUT2D eigenvalue weighted by molar-refractivity contribution is 7.98. The first-order valence-corrected chi connectivity index (χ1v) is 10.5. The molecule has 0 aliphatic carbocycles. The Bertz CT molecular complexity index is 1020. The molecule has 0 amide bonds. The van der Waals surface area contributed by atoms with E-state index in [4.69, 9.17) is 18.7 Å². The van der Waals surface area contributed by atoms with Gasteiger partial charge in [-0.15, -0.1) is 11.8 Å². The number of esters is 1. The predicted molar refractivity (Wildman–Crippen MR) is 112 cm³/mol. The highest BCUT2D eigenvalue weighted by atomic mass is 32.2. The Kier molecular flexibility index (Phi) is 7.35. The molecule has 30 heavy (non-hydrogen) atoms. The Morgan fingerprint density at radius 2 is 1.67 bits per heavy atom. The number of aromatic nitrogens is 1. The van der Waals surface area contributed by atoms with Crippen LogP contribution in [0.5, 0.6) is 11.5 Å². The lowest BCUT2D eigenvalue weighted by molar-refractivity contribution is 0.0526. The molecular weight excluding hydrogens is 404 g/mol. The second kappa shape index (κ2) is 10.4. The largest absolute Gasteiger partial charge is 0.490 e. The van der Waals surface area contributed by atoms with Crippen LogP contribution in [-0.2, 0) is 4.74 Å². The van der Waals surface area contributed by atoms with Crippen LogP contribution in [0.15, 0.2) is 58.1 Å². The number of benzene rings is 2. The fourth-order valence-corrected chi connectivity index (χ4v) is 3.09. The van der Waals surface area contributed by atoms with Gasteiger partial charge in [0.2, 0.25) is 0 Å². The molecule has 1 aromatic heterocycles. The van der Waals surface area contributed by atoms with Gasteiger partial charge >= 0.3 is 5.97 Å². The number of rotatable bonds is 9. The summed E-state index contributed by atoms with van der Waals surface area (Å²) in [6.07, 6.45) is 1.84. The lowest BCUT2D eigenvalue weighted by atomic mass is 10.1. The molecule has 0 bridgehead atoms. The number of carbonyl (C=O) groups excluding carboxylic acids is 1. The van der Waals surface area contributed by atoms with E-state index in [-0.39, 0.29) is 5.97 Å². The third-order valence-electron chi connectivity index (χ3n) is 4.07. The molecular formula is C22H20N2O5S. The molecule has 0 fully saturated rings. The van der Waals surface area contributed by atoms with E-state index in [1.807, 2.05) is 18.4 Å². The number of nitriles is 1. The summed E-state index contributed by atoms with van der Waals surface area (Å²) in [5.74, 6) is 1.40. The van der Waals surface area contributed by atoms with Gasteiger partial charge in [-0.3, -0.25) is 0 Å². The van der Waals surface area contributed by atoms with E-state index >= 15 is 0 Å². The average molecular weight is 424 g/mol. The standard InChI is InChI=1S/C22H20N2O5S/c1-3-26-22(25)16-6-10-18(11-7-16)28-13-12-27-17-8-4-15(5-9-17)20-19(14-23)21(30-2)24-29-20/h4-11H,3,12-13H2,1-2H3. The zero-order valence-corrected chi connectivity index (χ0v) is 17.4. The Morgan fingerprint density at radius 3 is 2.20 bits per heavy atom. The molecule has 0 unspecified atom stereocenters. The zero-order valence-electron chi connectivity index (χ0n) is 16.6. The van der Waals surface area contributed by atoms with Crippen molar-refractivity contribution in [2.75, 3.05) is 26.1 Å². The second-order valence-corrected chi connectivity index (χ2v) is 6.77. The highest BCUT2D eigenvalue weighted by Gasteiger charge is 2.16. The summed E-state index contributed by atoms with van der Waals surface area (Å²) in [6, 6.07) is 16.1. The molecule has 154 valence electrons. The van der Waals surface area contributed by atoms with Crippen molar-refractivity contribution in [3.8, 4) is 28.9 Å². The minimum atomic E-state index is -0.354. The highest BCUT2D eigenvalue weighted by Crippen LogP contribution is 2.31. The summed E-state index contributed by atoms with van der Waals surface area (Å²) in [5, 5.41) is 13.8. The van der Waals surface area contributed by atoms with Gasteiger partial charge in [-0.25, -0.2) is 4.79 Å². The Hall–Kier alpha value is -3.44. The van der Waals surface area contributed by atoms with Gasteiger partial charge in [-0.2, -0.15) is 5.26 Å². The summed E-state index contributed by atoms with van der Waals surface area (Å²) < 4.78 is 21.6. The van der Waals surface area contributed by atoms with Crippen LogP contribution in [0.1, 0.15) is 22.8 Å². The predicted octanol–water partition coefficient (Wildman–Crippen LogP) is 4.57. The molecule has 0 saturated heterocycles. The van der Waals surface area contributed by atoms with Gasteiger partial charge < -0.3 is 18.7 Å². The van der Waals surface area contributed by atoms with Gasteiger partial charge in [-0.1, -0.05) is 5.16 Å². The first kappa shape index (κ1) is 21.3. The van der Waals surface area contributed by atoms with Crippen molar-refractivity contribution in [2.45, 2.75) is 11.9 Å². The third kappa shape index (κ3) is 5.13. The van der Waals surface area contributed by atoms with E-state index in [0.29, 0.717) is 53.2 Å². The lowest BCUT2D eigenvalue weighted by Gasteiger charge is -2.09. The van der Waals surface area contributed by atoms with Crippen molar-refractivity contribution >= 4 is 17.7 Å². The van der Waals surface area contributed by atoms with Gasteiger partial charge in [0, 0.05) is 5.56 Å². The van der Waals surface area contributed by atoms with Crippen LogP contribution in [0.2, 0.25) is 0 Å². The first-order chi connectivity index (χ1) is 14.7. The lowest BCUT2D eigenvalue weighted by Crippen LogP contribution is -2.09. The normalized spacial score (nSPS) is 10.3. The minimum Gasteiger partial charge on any atom is -0.490 e. The number of ether oxygens (including phenoxy) is 3. The van der Waals surface area contributed by atoms with Crippen molar-refractivity contribution in [1.82, 2.24) is 5.16 Å².